The molecule has 0 radical (unpaired) electrons. The molecule has 0 aliphatic rings. The zero-order valence-corrected chi connectivity index (χ0v) is 11.6. The molecule has 2 nitrogen and oxygen atoms in total. The lowest BCUT2D eigenvalue weighted by atomic mass is 9.99. The maximum atomic E-state index is 10.4. The topological polar surface area (TPSA) is 33.1 Å². The fourth-order valence-electron chi connectivity index (χ4n) is 1.57. The van der Waals surface area contributed by atoms with Crippen LogP contribution in [0, 0.1) is 0 Å². The monoisotopic (exact) mass is 279 g/mol. The van der Waals surface area contributed by atoms with Gasteiger partial charge in [-0.05, 0) is 24.6 Å². The summed E-state index contributed by atoms with van der Waals surface area (Å²) < 4.78 is 0. The van der Waals surface area contributed by atoms with Crippen LogP contribution in [0.3, 0.4) is 0 Å². The molecule has 0 bridgehead atoms. The third kappa shape index (κ3) is 3.25. The van der Waals surface area contributed by atoms with Crippen molar-refractivity contribution in [1.29, 1.82) is 0 Å². The van der Waals surface area contributed by atoms with Gasteiger partial charge in [0.1, 0.15) is 5.03 Å². The van der Waals surface area contributed by atoms with E-state index in [0.717, 1.165) is 10.6 Å². The first-order chi connectivity index (χ1) is 8.59. The van der Waals surface area contributed by atoms with Crippen molar-refractivity contribution in [2.24, 2.45) is 0 Å². The highest BCUT2D eigenvalue weighted by atomic mass is 35.5. The van der Waals surface area contributed by atoms with E-state index in [-0.39, 0.29) is 0 Å². The summed E-state index contributed by atoms with van der Waals surface area (Å²) in [5.74, 6) is 0.508. The molecule has 1 atom stereocenters. The number of rotatable bonds is 4. The maximum absolute atomic E-state index is 10.4. The van der Waals surface area contributed by atoms with Crippen molar-refractivity contribution < 1.29 is 5.11 Å². The normalized spacial score (nSPS) is 14.2. The molecule has 1 N–H and O–H groups in total. The van der Waals surface area contributed by atoms with Gasteiger partial charge in [0.15, 0.2) is 0 Å². The van der Waals surface area contributed by atoms with Gasteiger partial charge in [-0.15, -0.1) is 11.8 Å². The summed E-state index contributed by atoms with van der Waals surface area (Å²) in [5.41, 5.74) is -0.00295. The number of pyridine rings is 1. The summed E-state index contributed by atoms with van der Waals surface area (Å²) in [6.07, 6.45) is 1.70. The standard InChI is InChI=1S/C14H14ClNOS/c1-14(17,11-6-3-2-4-7-11)10-18-13-12(15)8-5-9-16-13/h2-9,17H,10H2,1H3. The van der Waals surface area contributed by atoms with Gasteiger partial charge < -0.3 is 5.11 Å². The van der Waals surface area contributed by atoms with Crippen LogP contribution in [0.5, 0.6) is 0 Å². The number of hydrogen-bond donors (Lipinski definition) is 1. The quantitative estimate of drug-likeness (QED) is 0.866. The van der Waals surface area contributed by atoms with Crippen molar-refractivity contribution in [2.45, 2.75) is 17.6 Å². The van der Waals surface area contributed by atoms with Crippen molar-refractivity contribution in [3.8, 4) is 0 Å². The van der Waals surface area contributed by atoms with E-state index in [1.54, 1.807) is 25.3 Å². The highest BCUT2D eigenvalue weighted by Gasteiger charge is 2.23. The van der Waals surface area contributed by atoms with Gasteiger partial charge in [-0.1, -0.05) is 41.9 Å². The Balaban J connectivity index is 2.08. The smallest absolute Gasteiger partial charge is 0.115 e. The fourth-order valence-corrected chi connectivity index (χ4v) is 2.78. The second-order valence-electron chi connectivity index (χ2n) is 4.22. The van der Waals surface area contributed by atoms with Crippen molar-refractivity contribution in [1.82, 2.24) is 4.98 Å². The average molecular weight is 280 g/mol. The van der Waals surface area contributed by atoms with Crippen LogP contribution in [0.4, 0.5) is 0 Å². The van der Waals surface area contributed by atoms with E-state index >= 15 is 0 Å². The number of halogens is 1. The zero-order valence-electron chi connectivity index (χ0n) is 10.0. The highest BCUT2D eigenvalue weighted by molar-refractivity contribution is 7.99. The lowest BCUT2D eigenvalue weighted by Gasteiger charge is -2.23. The van der Waals surface area contributed by atoms with E-state index in [1.165, 1.54) is 11.8 Å². The molecule has 1 aromatic heterocycles. The molecule has 0 fully saturated rings. The maximum Gasteiger partial charge on any atom is 0.115 e. The Morgan fingerprint density at radius 1 is 1.22 bits per heavy atom. The van der Waals surface area contributed by atoms with Crippen LogP contribution >= 0.6 is 23.4 Å². The van der Waals surface area contributed by atoms with Gasteiger partial charge in [-0.3, -0.25) is 0 Å². The minimum absolute atomic E-state index is 0.508. The lowest BCUT2D eigenvalue weighted by Crippen LogP contribution is -2.24. The Labute approximate surface area is 116 Å². The summed E-state index contributed by atoms with van der Waals surface area (Å²) in [6, 6.07) is 13.2. The zero-order chi connectivity index (χ0) is 13.0. The predicted molar refractivity (Wildman–Crippen MR) is 76.0 cm³/mol. The van der Waals surface area contributed by atoms with E-state index in [9.17, 15) is 5.11 Å². The Kier molecular flexibility index (Phi) is 4.27. The van der Waals surface area contributed by atoms with E-state index in [0.29, 0.717) is 10.8 Å². The lowest BCUT2D eigenvalue weighted by molar-refractivity contribution is 0.0839. The summed E-state index contributed by atoms with van der Waals surface area (Å²) in [6.45, 7) is 1.80. The van der Waals surface area contributed by atoms with Crippen LogP contribution in [0.15, 0.2) is 53.7 Å². The van der Waals surface area contributed by atoms with Crippen LogP contribution in [0.2, 0.25) is 5.02 Å². The van der Waals surface area contributed by atoms with E-state index < -0.39 is 5.60 Å². The summed E-state index contributed by atoms with van der Waals surface area (Å²) >= 11 is 7.49. The van der Waals surface area contributed by atoms with Crippen LogP contribution in [0.1, 0.15) is 12.5 Å². The number of benzene rings is 1. The molecule has 1 heterocycles. The van der Waals surface area contributed by atoms with E-state index in [4.69, 9.17) is 11.6 Å². The van der Waals surface area contributed by atoms with Crippen molar-refractivity contribution >= 4 is 23.4 Å². The molecule has 0 aliphatic heterocycles. The first kappa shape index (κ1) is 13.4. The van der Waals surface area contributed by atoms with Crippen LogP contribution in [-0.4, -0.2) is 15.8 Å². The molecule has 0 aliphatic carbocycles. The second-order valence-corrected chi connectivity index (χ2v) is 5.59. The third-order valence-corrected chi connectivity index (χ3v) is 4.33. The molecule has 0 saturated heterocycles. The van der Waals surface area contributed by atoms with Crippen molar-refractivity contribution in [2.75, 3.05) is 5.75 Å². The van der Waals surface area contributed by atoms with Gasteiger partial charge >= 0.3 is 0 Å². The Bertz CT molecular complexity index is 516. The highest BCUT2D eigenvalue weighted by Crippen LogP contribution is 2.31. The molecule has 0 saturated carbocycles. The molecule has 4 heteroatoms. The Morgan fingerprint density at radius 2 is 1.94 bits per heavy atom. The molecule has 2 rings (SSSR count). The first-order valence-corrected chi connectivity index (χ1v) is 6.97. The van der Waals surface area contributed by atoms with Gasteiger partial charge in [0.05, 0.1) is 10.6 Å². The molecular formula is C14H14ClNOS. The summed E-state index contributed by atoms with van der Waals surface area (Å²) in [7, 11) is 0. The van der Waals surface area contributed by atoms with E-state index in [2.05, 4.69) is 4.98 Å². The van der Waals surface area contributed by atoms with Gasteiger partial charge in [-0.2, -0.15) is 0 Å². The molecule has 1 unspecified atom stereocenters. The minimum Gasteiger partial charge on any atom is -0.385 e. The van der Waals surface area contributed by atoms with Crippen LogP contribution in [0.25, 0.3) is 0 Å². The van der Waals surface area contributed by atoms with Gasteiger partial charge in [-0.25, -0.2) is 4.98 Å². The SMILES string of the molecule is CC(O)(CSc1ncccc1Cl)c1ccccc1. The molecule has 18 heavy (non-hydrogen) atoms. The summed E-state index contributed by atoms with van der Waals surface area (Å²) in [4.78, 5) is 4.19. The number of aliphatic hydroxyl groups is 1. The molecule has 94 valence electrons. The summed E-state index contributed by atoms with van der Waals surface area (Å²) in [5, 5.41) is 11.8. The molecule has 0 amide bonds. The van der Waals surface area contributed by atoms with Crippen molar-refractivity contribution in [3.05, 3.63) is 59.2 Å². The molecule has 1 aromatic carbocycles. The van der Waals surface area contributed by atoms with Gasteiger partial charge in [0, 0.05) is 11.9 Å². The van der Waals surface area contributed by atoms with E-state index in [1.807, 2.05) is 30.3 Å². The van der Waals surface area contributed by atoms with Gasteiger partial charge in [0.2, 0.25) is 0 Å². The van der Waals surface area contributed by atoms with Crippen LogP contribution in [-0.2, 0) is 5.60 Å². The Hall–Kier alpha value is -1.03. The second kappa shape index (κ2) is 5.74. The molecule has 0 spiro atoms. The van der Waals surface area contributed by atoms with Gasteiger partial charge in [0.25, 0.3) is 0 Å². The Morgan fingerprint density at radius 3 is 2.61 bits per heavy atom. The third-order valence-electron chi connectivity index (χ3n) is 2.61. The molecule has 2 aromatic rings. The molecular weight excluding hydrogens is 266 g/mol. The average Bonchev–Trinajstić information content (AvgIpc) is 2.39. The number of aromatic nitrogens is 1. The number of hydrogen-bond acceptors (Lipinski definition) is 3. The minimum atomic E-state index is -0.896. The largest absolute Gasteiger partial charge is 0.385 e. The predicted octanol–water partition coefficient (Wildman–Crippen LogP) is 3.73. The van der Waals surface area contributed by atoms with Crippen molar-refractivity contribution in [3.63, 3.8) is 0 Å². The fraction of sp³-hybridized carbons (Fsp3) is 0.214. The number of nitrogens with zero attached hydrogens (tertiary/aromatic N) is 1. The number of thioether (sulfide) groups is 1. The first-order valence-electron chi connectivity index (χ1n) is 5.61. The van der Waals surface area contributed by atoms with Crippen LogP contribution < -0.4 is 0 Å².